The topological polar surface area (TPSA) is 109 Å². The summed E-state index contributed by atoms with van der Waals surface area (Å²) in [4.78, 5) is 25.6. The molecule has 2 aromatic heterocycles. The van der Waals surface area contributed by atoms with Crippen LogP contribution in [-0.2, 0) is 17.6 Å². The Balaban J connectivity index is 1.61. The number of nitrogens with one attached hydrogen (secondary N) is 2. The number of nitrogens with zero attached hydrogens (tertiary/aromatic N) is 5. The van der Waals surface area contributed by atoms with Crippen LogP contribution >= 0.6 is 0 Å². The van der Waals surface area contributed by atoms with E-state index in [1.807, 2.05) is 13.8 Å². The third kappa shape index (κ3) is 3.22. The first kappa shape index (κ1) is 15.2. The zero-order chi connectivity index (χ0) is 16.4. The van der Waals surface area contributed by atoms with E-state index in [9.17, 15) is 9.59 Å². The molecule has 1 aliphatic rings. The van der Waals surface area contributed by atoms with Gasteiger partial charge in [0, 0.05) is 31.4 Å². The molecule has 122 valence electrons. The van der Waals surface area contributed by atoms with Crippen LogP contribution in [0, 0.1) is 0 Å². The highest BCUT2D eigenvalue weighted by molar-refractivity contribution is 6.04. The molecule has 0 saturated carbocycles. The van der Waals surface area contributed by atoms with Gasteiger partial charge in [-0.3, -0.25) is 14.8 Å². The summed E-state index contributed by atoms with van der Waals surface area (Å²) < 4.78 is 1.73. The van der Waals surface area contributed by atoms with Gasteiger partial charge in [-0.1, -0.05) is 5.21 Å². The second kappa shape index (κ2) is 6.19. The van der Waals surface area contributed by atoms with Gasteiger partial charge in [0.2, 0.25) is 0 Å². The number of carbonyl (C=O) groups excluding carboxylic acids is 2. The van der Waals surface area contributed by atoms with Crippen LogP contribution in [0.4, 0.5) is 4.79 Å². The van der Waals surface area contributed by atoms with Crippen LogP contribution in [0.15, 0.2) is 18.6 Å². The molecule has 1 atom stereocenters. The largest absolute Gasteiger partial charge is 0.325 e. The summed E-state index contributed by atoms with van der Waals surface area (Å²) in [6.45, 7) is 4.33. The highest BCUT2D eigenvalue weighted by atomic mass is 16.2. The average molecular weight is 317 g/mol. The summed E-state index contributed by atoms with van der Waals surface area (Å²) in [6, 6.07) is -0.736. The first-order chi connectivity index (χ1) is 11.0. The molecule has 23 heavy (non-hydrogen) atoms. The number of aromatic nitrogens is 5. The smallest absolute Gasteiger partial charge is 0.324 e. The molecule has 0 spiro atoms. The molecule has 3 amide bonds. The summed E-state index contributed by atoms with van der Waals surface area (Å²) in [5.74, 6) is -0.224. The summed E-state index contributed by atoms with van der Waals surface area (Å²) in [7, 11) is 0. The van der Waals surface area contributed by atoms with Crippen LogP contribution < -0.4 is 5.32 Å². The van der Waals surface area contributed by atoms with E-state index in [2.05, 4.69) is 25.8 Å². The summed E-state index contributed by atoms with van der Waals surface area (Å²) in [5, 5.41) is 17.3. The Morgan fingerprint density at radius 3 is 2.83 bits per heavy atom. The van der Waals surface area contributed by atoms with E-state index in [1.165, 1.54) is 4.90 Å². The van der Waals surface area contributed by atoms with E-state index in [4.69, 9.17) is 0 Å². The van der Waals surface area contributed by atoms with E-state index in [0.29, 0.717) is 25.1 Å². The molecule has 9 nitrogen and oxygen atoms in total. The maximum Gasteiger partial charge on any atom is 0.324 e. The number of hydrogen-bond donors (Lipinski definition) is 2. The monoisotopic (exact) mass is 317 g/mol. The predicted molar refractivity (Wildman–Crippen MR) is 80.4 cm³/mol. The van der Waals surface area contributed by atoms with Gasteiger partial charge in [-0.05, 0) is 25.8 Å². The van der Waals surface area contributed by atoms with Gasteiger partial charge in [-0.2, -0.15) is 5.10 Å². The molecule has 2 aromatic rings. The zero-order valence-electron chi connectivity index (χ0n) is 13.1. The lowest BCUT2D eigenvalue weighted by atomic mass is 10.1. The standard InChI is InChI=1S/C14H19N7O2/c1-9(2)21-8-11(18-19-21)5-12-13(22)20(14(23)17-12)4-3-10-6-15-16-7-10/h6-9,12H,3-5H2,1-2H3,(H,15,16)(H,17,23). The molecular weight excluding hydrogens is 298 g/mol. The fourth-order valence-electron chi connectivity index (χ4n) is 2.45. The van der Waals surface area contributed by atoms with E-state index in [-0.39, 0.29) is 18.0 Å². The molecule has 1 fully saturated rings. The fourth-order valence-corrected chi connectivity index (χ4v) is 2.45. The Hall–Kier alpha value is -2.71. The van der Waals surface area contributed by atoms with Crippen molar-refractivity contribution < 1.29 is 9.59 Å². The van der Waals surface area contributed by atoms with Crippen LogP contribution in [-0.4, -0.2) is 54.6 Å². The minimum atomic E-state index is -0.579. The number of imide groups is 1. The quantitative estimate of drug-likeness (QED) is 0.744. The Morgan fingerprint density at radius 1 is 1.35 bits per heavy atom. The molecule has 0 radical (unpaired) electrons. The molecule has 1 unspecified atom stereocenters. The molecule has 2 N–H and O–H groups in total. The van der Waals surface area contributed by atoms with Crippen molar-refractivity contribution in [2.75, 3.05) is 6.54 Å². The third-order valence-electron chi connectivity index (χ3n) is 3.79. The molecule has 0 aliphatic carbocycles. The number of urea groups is 1. The van der Waals surface area contributed by atoms with Crippen LogP contribution in [0.2, 0.25) is 0 Å². The van der Waals surface area contributed by atoms with Gasteiger partial charge in [0.05, 0.1) is 11.9 Å². The van der Waals surface area contributed by atoms with Gasteiger partial charge in [0.25, 0.3) is 5.91 Å². The van der Waals surface area contributed by atoms with E-state index >= 15 is 0 Å². The number of aromatic amines is 1. The third-order valence-corrected chi connectivity index (χ3v) is 3.79. The van der Waals surface area contributed by atoms with Crippen molar-refractivity contribution in [2.24, 2.45) is 0 Å². The van der Waals surface area contributed by atoms with E-state index < -0.39 is 6.04 Å². The van der Waals surface area contributed by atoms with Crippen molar-refractivity contribution in [3.8, 4) is 0 Å². The minimum Gasteiger partial charge on any atom is -0.325 e. The lowest BCUT2D eigenvalue weighted by Gasteiger charge is -2.11. The molecule has 9 heteroatoms. The van der Waals surface area contributed by atoms with Crippen LogP contribution in [0.5, 0.6) is 0 Å². The lowest BCUT2D eigenvalue weighted by molar-refractivity contribution is -0.127. The van der Waals surface area contributed by atoms with Crippen molar-refractivity contribution in [1.82, 2.24) is 35.4 Å². The fraction of sp³-hybridized carbons (Fsp3) is 0.500. The molecule has 3 rings (SSSR count). The van der Waals surface area contributed by atoms with Gasteiger partial charge in [-0.15, -0.1) is 5.10 Å². The maximum atomic E-state index is 12.4. The first-order valence-corrected chi connectivity index (χ1v) is 7.55. The Labute approximate surface area is 133 Å². The normalized spacial score (nSPS) is 18.0. The molecule has 1 aliphatic heterocycles. The number of hydrogen-bond acceptors (Lipinski definition) is 5. The average Bonchev–Trinajstić information content (AvgIpc) is 3.21. The van der Waals surface area contributed by atoms with E-state index in [1.54, 1.807) is 23.3 Å². The van der Waals surface area contributed by atoms with Gasteiger partial charge < -0.3 is 5.32 Å². The van der Waals surface area contributed by atoms with Crippen molar-refractivity contribution in [2.45, 2.75) is 38.8 Å². The SMILES string of the molecule is CC(C)n1cc(CC2NC(=O)N(CCc3cn[nH]c3)C2=O)nn1. The van der Waals surface area contributed by atoms with Crippen molar-refractivity contribution in [3.05, 3.63) is 29.8 Å². The van der Waals surface area contributed by atoms with E-state index in [0.717, 1.165) is 5.56 Å². The summed E-state index contributed by atoms with van der Waals surface area (Å²) in [5.41, 5.74) is 1.64. The summed E-state index contributed by atoms with van der Waals surface area (Å²) in [6.07, 6.45) is 6.16. The van der Waals surface area contributed by atoms with Crippen LogP contribution in [0.25, 0.3) is 0 Å². The zero-order valence-corrected chi connectivity index (χ0v) is 13.1. The minimum absolute atomic E-state index is 0.205. The van der Waals surface area contributed by atoms with Gasteiger partial charge in [0.1, 0.15) is 6.04 Å². The first-order valence-electron chi connectivity index (χ1n) is 7.55. The highest BCUT2D eigenvalue weighted by Gasteiger charge is 2.38. The van der Waals surface area contributed by atoms with Crippen LogP contribution in [0.1, 0.15) is 31.1 Å². The molecule has 0 aromatic carbocycles. The van der Waals surface area contributed by atoms with Crippen molar-refractivity contribution in [3.63, 3.8) is 0 Å². The molecule has 3 heterocycles. The maximum absolute atomic E-state index is 12.4. The van der Waals surface area contributed by atoms with Crippen molar-refractivity contribution >= 4 is 11.9 Å². The highest BCUT2D eigenvalue weighted by Crippen LogP contribution is 2.13. The summed E-state index contributed by atoms with van der Waals surface area (Å²) >= 11 is 0. The number of rotatable bonds is 6. The lowest BCUT2D eigenvalue weighted by Crippen LogP contribution is -2.34. The second-order valence-electron chi connectivity index (χ2n) is 5.84. The Morgan fingerprint density at radius 2 is 2.17 bits per heavy atom. The van der Waals surface area contributed by atoms with Gasteiger partial charge in [0.15, 0.2) is 0 Å². The second-order valence-corrected chi connectivity index (χ2v) is 5.84. The number of H-pyrrole nitrogens is 1. The predicted octanol–water partition coefficient (Wildman–Crippen LogP) is 0.288. The number of carbonyl (C=O) groups is 2. The molecule has 1 saturated heterocycles. The van der Waals surface area contributed by atoms with Gasteiger partial charge >= 0.3 is 6.03 Å². The molecule has 0 bridgehead atoms. The molecular formula is C14H19N7O2. The van der Waals surface area contributed by atoms with Gasteiger partial charge in [-0.25, -0.2) is 9.48 Å². The van der Waals surface area contributed by atoms with Crippen molar-refractivity contribution in [1.29, 1.82) is 0 Å². The van der Waals surface area contributed by atoms with Crippen LogP contribution in [0.3, 0.4) is 0 Å². The Kier molecular flexibility index (Phi) is 4.09. The number of amides is 3. The Bertz CT molecular complexity index is 692.